The molecular weight excluding hydrogens is 364 g/mol. The van der Waals surface area contributed by atoms with Crippen LogP contribution in [0.3, 0.4) is 0 Å². The zero-order valence-electron chi connectivity index (χ0n) is 15.7. The second kappa shape index (κ2) is 8.26. The van der Waals surface area contributed by atoms with Gasteiger partial charge in [-0.2, -0.15) is 0 Å². The number of hydrogen-bond acceptors (Lipinski definition) is 6. The Hall–Kier alpha value is -2.80. The molecule has 0 radical (unpaired) electrons. The van der Waals surface area contributed by atoms with Crippen LogP contribution in [0.1, 0.15) is 39.5 Å². The van der Waals surface area contributed by atoms with Crippen LogP contribution in [0.25, 0.3) is 10.6 Å². The molecule has 3 aromatic rings. The maximum absolute atomic E-state index is 11.2. The molecule has 0 aliphatic rings. The van der Waals surface area contributed by atoms with Crippen LogP contribution in [0.2, 0.25) is 0 Å². The van der Waals surface area contributed by atoms with Crippen LogP contribution in [0.5, 0.6) is 16.6 Å². The molecule has 0 aliphatic carbocycles. The van der Waals surface area contributed by atoms with E-state index in [9.17, 15) is 4.79 Å². The van der Waals surface area contributed by atoms with Gasteiger partial charge >= 0.3 is 0 Å². The van der Waals surface area contributed by atoms with E-state index in [1.807, 2.05) is 63.2 Å². The molecule has 142 valence electrons. The van der Waals surface area contributed by atoms with Crippen LogP contribution in [0.4, 0.5) is 0 Å². The Labute approximate surface area is 162 Å². The molecule has 1 amide bonds. The van der Waals surface area contributed by atoms with E-state index in [4.69, 9.17) is 14.0 Å². The largest absolute Gasteiger partial charge is 0.491 e. The van der Waals surface area contributed by atoms with Gasteiger partial charge in [-0.25, -0.2) is 0 Å². The van der Waals surface area contributed by atoms with E-state index < -0.39 is 0 Å². The van der Waals surface area contributed by atoms with E-state index in [1.165, 1.54) is 18.3 Å². The molecular formula is C20H22N2O4S. The fourth-order valence-corrected chi connectivity index (χ4v) is 3.30. The molecule has 1 unspecified atom stereocenters. The van der Waals surface area contributed by atoms with Gasteiger partial charge in [-0.1, -0.05) is 16.5 Å². The first-order valence-electron chi connectivity index (χ1n) is 8.69. The number of nitrogens with one attached hydrogen (secondary N) is 1. The SMILES string of the molecule is CC(=O)NC(C)c1cc(-c2ccc(Oc3ccc(OC(C)C)cc3)s2)no1. The summed E-state index contributed by atoms with van der Waals surface area (Å²) in [6, 6.07) is 12.9. The van der Waals surface area contributed by atoms with Crippen LogP contribution in [0, 0.1) is 0 Å². The molecule has 7 heteroatoms. The van der Waals surface area contributed by atoms with Crippen LogP contribution < -0.4 is 14.8 Å². The van der Waals surface area contributed by atoms with Crippen molar-refractivity contribution in [3.05, 3.63) is 48.2 Å². The van der Waals surface area contributed by atoms with E-state index in [-0.39, 0.29) is 18.1 Å². The third-order valence-electron chi connectivity index (χ3n) is 3.62. The van der Waals surface area contributed by atoms with Gasteiger partial charge in [-0.05, 0) is 57.2 Å². The average Bonchev–Trinajstić information content (AvgIpc) is 3.25. The molecule has 0 saturated carbocycles. The summed E-state index contributed by atoms with van der Waals surface area (Å²) in [6.45, 7) is 7.30. The summed E-state index contributed by atoms with van der Waals surface area (Å²) in [6.07, 6.45) is 0.136. The summed E-state index contributed by atoms with van der Waals surface area (Å²) in [5.41, 5.74) is 0.711. The highest BCUT2D eigenvalue weighted by Gasteiger charge is 2.15. The predicted octanol–water partition coefficient (Wildman–Crippen LogP) is 5.18. The van der Waals surface area contributed by atoms with Gasteiger partial charge in [0.25, 0.3) is 0 Å². The number of carbonyl (C=O) groups excluding carboxylic acids is 1. The molecule has 0 bridgehead atoms. The third kappa shape index (κ3) is 5.10. The van der Waals surface area contributed by atoms with Gasteiger partial charge in [-0.3, -0.25) is 4.79 Å². The number of nitrogens with zero attached hydrogens (tertiary/aromatic N) is 1. The topological polar surface area (TPSA) is 73.6 Å². The Morgan fingerprint density at radius 3 is 2.48 bits per heavy atom. The van der Waals surface area contributed by atoms with E-state index in [0.717, 1.165) is 21.4 Å². The van der Waals surface area contributed by atoms with Crippen molar-refractivity contribution in [2.24, 2.45) is 0 Å². The maximum atomic E-state index is 11.2. The minimum atomic E-state index is -0.231. The first-order valence-corrected chi connectivity index (χ1v) is 9.51. The van der Waals surface area contributed by atoms with E-state index in [1.54, 1.807) is 0 Å². The molecule has 1 N–H and O–H groups in total. The lowest BCUT2D eigenvalue weighted by atomic mass is 10.2. The molecule has 1 atom stereocenters. The first kappa shape index (κ1) is 19.0. The van der Waals surface area contributed by atoms with Crippen LogP contribution in [-0.2, 0) is 4.79 Å². The summed E-state index contributed by atoms with van der Waals surface area (Å²) in [7, 11) is 0. The fraction of sp³-hybridized carbons (Fsp3) is 0.300. The number of amides is 1. The zero-order chi connectivity index (χ0) is 19.4. The number of carbonyl (C=O) groups is 1. The highest BCUT2D eigenvalue weighted by molar-refractivity contribution is 7.17. The Kier molecular flexibility index (Phi) is 5.81. The number of ether oxygens (including phenoxy) is 2. The molecule has 3 rings (SSSR count). The van der Waals surface area contributed by atoms with Crippen LogP contribution >= 0.6 is 11.3 Å². The Morgan fingerprint density at radius 2 is 1.81 bits per heavy atom. The summed E-state index contributed by atoms with van der Waals surface area (Å²) < 4.78 is 16.9. The Bertz CT molecular complexity index is 899. The third-order valence-corrected chi connectivity index (χ3v) is 4.61. The van der Waals surface area contributed by atoms with Gasteiger partial charge in [0.15, 0.2) is 10.8 Å². The average molecular weight is 386 g/mol. The predicted molar refractivity (Wildman–Crippen MR) is 104 cm³/mol. The van der Waals surface area contributed by atoms with Crippen molar-refractivity contribution in [3.63, 3.8) is 0 Å². The number of aromatic nitrogens is 1. The molecule has 0 fully saturated rings. The van der Waals surface area contributed by atoms with Crippen molar-refractivity contribution in [1.29, 1.82) is 0 Å². The molecule has 1 aromatic carbocycles. The maximum Gasteiger partial charge on any atom is 0.217 e. The second-order valence-corrected chi connectivity index (χ2v) is 7.44. The summed E-state index contributed by atoms with van der Waals surface area (Å²) in [5.74, 6) is 2.04. The molecule has 2 aromatic heterocycles. The molecule has 27 heavy (non-hydrogen) atoms. The lowest BCUT2D eigenvalue weighted by Crippen LogP contribution is -2.23. The minimum absolute atomic E-state index is 0.114. The lowest BCUT2D eigenvalue weighted by molar-refractivity contribution is -0.119. The van der Waals surface area contributed by atoms with Crippen molar-refractivity contribution in [2.75, 3.05) is 0 Å². The molecule has 2 heterocycles. The Balaban J connectivity index is 1.66. The molecule has 6 nitrogen and oxygen atoms in total. The highest BCUT2D eigenvalue weighted by Crippen LogP contribution is 2.36. The molecule has 0 saturated heterocycles. The summed E-state index contributed by atoms with van der Waals surface area (Å²) in [4.78, 5) is 12.1. The number of benzene rings is 1. The highest BCUT2D eigenvalue weighted by atomic mass is 32.1. The van der Waals surface area contributed by atoms with Crippen molar-refractivity contribution in [1.82, 2.24) is 10.5 Å². The van der Waals surface area contributed by atoms with Gasteiger partial charge in [0.2, 0.25) is 5.91 Å². The summed E-state index contributed by atoms with van der Waals surface area (Å²) >= 11 is 1.47. The normalized spacial score (nSPS) is 12.0. The van der Waals surface area contributed by atoms with Crippen molar-refractivity contribution >= 4 is 17.2 Å². The second-order valence-electron chi connectivity index (χ2n) is 6.40. The van der Waals surface area contributed by atoms with Gasteiger partial charge < -0.3 is 19.3 Å². The Morgan fingerprint density at radius 1 is 1.11 bits per heavy atom. The number of rotatable bonds is 7. The lowest BCUT2D eigenvalue weighted by Gasteiger charge is -2.10. The van der Waals surface area contributed by atoms with E-state index >= 15 is 0 Å². The van der Waals surface area contributed by atoms with Crippen molar-refractivity contribution in [3.8, 4) is 27.1 Å². The standard InChI is InChI=1S/C20H22N2O4S/c1-12(2)24-15-5-7-16(8-6-15)25-20-10-9-19(27-20)17-11-18(26-22-17)13(3)21-14(4)23/h5-13H,1-4H3,(H,21,23). The quantitative estimate of drug-likeness (QED) is 0.606. The van der Waals surface area contributed by atoms with Gasteiger partial charge in [0, 0.05) is 13.0 Å². The number of thiophene rings is 1. The van der Waals surface area contributed by atoms with Gasteiger partial charge in [0.05, 0.1) is 17.0 Å². The van der Waals surface area contributed by atoms with Crippen LogP contribution in [-0.4, -0.2) is 17.2 Å². The van der Waals surface area contributed by atoms with Gasteiger partial charge in [-0.15, -0.1) is 0 Å². The van der Waals surface area contributed by atoms with E-state index in [2.05, 4.69) is 10.5 Å². The summed E-state index contributed by atoms with van der Waals surface area (Å²) in [5, 5.41) is 7.61. The van der Waals surface area contributed by atoms with Crippen molar-refractivity contribution in [2.45, 2.75) is 39.8 Å². The van der Waals surface area contributed by atoms with E-state index in [0.29, 0.717) is 11.5 Å². The molecule has 0 spiro atoms. The first-order chi connectivity index (χ1) is 12.9. The van der Waals surface area contributed by atoms with Gasteiger partial charge in [0.1, 0.15) is 17.2 Å². The van der Waals surface area contributed by atoms with Crippen LogP contribution in [0.15, 0.2) is 47.0 Å². The number of hydrogen-bond donors (Lipinski definition) is 1. The fourth-order valence-electron chi connectivity index (χ4n) is 2.47. The van der Waals surface area contributed by atoms with Crippen molar-refractivity contribution < 1.29 is 18.8 Å². The zero-order valence-corrected chi connectivity index (χ0v) is 16.5. The monoisotopic (exact) mass is 386 g/mol. The molecule has 0 aliphatic heterocycles. The minimum Gasteiger partial charge on any atom is -0.491 e. The smallest absolute Gasteiger partial charge is 0.217 e.